The Hall–Kier alpha value is -1.20. The molecule has 3 nitrogen and oxygen atoms in total. The van der Waals surface area contributed by atoms with Crippen LogP contribution in [0.3, 0.4) is 0 Å². The van der Waals surface area contributed by atoms with Gasteiger partial charge in [-0.25, -0.2) is 0 Å². The predicted molar refractivity (Wildman–Crippen MR) is 117 cm³/mol. The SMILES string of the molecule is O=C(O)Cc1cc(-c2c(Cl)cc(Cl)cc2Cl)cnc1-c1c(Cl)cc(Cl)cc1Cl. The van der Waals surface area contributed by atoms with Crippen LogP contribution < -0.4 is 0 Å². The Morgan fingerprint density at radius 2 is 1.25 bits per heavy atom. The lowest BCUT2D eigenvalue weighted by molar-refractivity contribution is -0.136. The molecule has 0 aliphatic heterocycles. The number of rotatable bonds is 4. The number of hydrogen-bond acceptors (Lipinski definition) is 2. The van der Waals surface area contributed by atoms with Crippen molar-refractivity contribution in [2.45, 2.75) is 6.42 Å². The van der Waals surface area contributed by atoms with E-state index in [1.54, 1.807) is 18.2 Å². The van der Waals surface area contributed by atoms with Gasteiger partial charge in [0.05, 0.1) is 32.2 Å². The molecular weight excluding hydrogens is 487 g/mol. The average molecular weight is 496 g/mol. The van der Waals surface area contributed by atoms with Gasteiger partial charge in [0.2, 0.25) is 0 Å². The Bertz CT molecular complexity index is 1050. The highest BCUT2D eigenvalue weighted by Crippen LogP contribution is 2.41. The summed E-state index contributed by atoms with van der Waals surface area (Å²) in [6.45, 7) is 0. The number of pyridine rings is 1. The summed E-state index contributed by atoms with van der Waals surface area (Å²) in [5.41, 5.74) is 2.14. The van der Waals surface area contributed by atoms with Crippen LogP contribution in [0, 0.1) is 0 Å². The Morgan fingerprint density at radius 1 is 0.786 bits per heavy atom. The molecule has 0 fully saturated rings. The van der Waals surface area contributed by atoms with E-state index in [9.17, 15) is 9.90 Å². The third-order valence-corrected chi connectivity index (χ3v) is 5.48. The zero-order chi connectivity index (χ0) is 20.6. The molecule has 0 amide bonds. The summed E-state index contributed by atoms with van der Waals surface area (Å²) in [7, 11) is 0. The molecular formula is C19H9Cl6NO2. The number of carbonyl (C=O) groups is 1. The van der Waals surface area contributed by atoms with Crippen molar-refractivity contribution in [3.8, 4) is 22.4 Å². The fourth-order valence-electron chi connectivity index (χ4n) is 2.76. The minimum Gasteiger partial charge on any atom is -0.481 e. The average Bonchev–Trinajstić information content (AvgIpc) is 2.54. The molecule has 9 heteroatoms. The second kappa shape index (κ2) is 8.66. The van der Waals surface area contributed by atoms with Crippen molar-refractivity contribution in [1.29, 1.82) is 0 Å². The number of aliphatic carboxylic acids is 1. The zero-order valence-electron chi connectivity index (χ0n) is 13.7. The maximum atomic E-state index is 11.4. The van der Waals surface area contributed by atoms with E-state index < -0.39 is 5.97 Å². The number of carboxylic acid groups (broad SMARTS) is 1. The summed E-state index contributed by atoms with van der Waals surface area (Å²) < 4.78 is 0. The monoisotopic (exact) mass is 493 g/mol. The van der Waals surface area contributed by atoms with Crippen LogP contribution in [0.2, 0.25) is 30.1 Å². The second-order valence-electron chi connectivity index (χ2n) is 5.79. The van der Waals surface area contributed by atoms with E-state index in [1.807, 2.05) is 0 Å². The van der Waals surface area contributed by atoms with E-state index in [4.69, 9.17) is 69.6 Å². The molecule has 28 heavy (non-hydrogen) atoms. The first-order valence-electron chi connectivity index (χ1n) is 7.68. The van der Waals surface area contributed by atoms with E-state index in [-0.39, 0.29) is 16.5 Å². The third kappa shape index (κ3) is 4.51. The van der Waals surface area contributed by atoms with E-state index in [0.717, 1.165) is 0 Å². The van der Waals surface area contributed by atoms with E-state index >= 15 is 0 Å². The van der Waals surface area contributed by atoms with Crippen molar-refractivity contribution in [2.24, 2.45) is 0 Å². The Balaban J connectivity index is 2.24. The van der Waals surface area contributed by atoms with Crippen LogP contribution in [0.4, 0.5) is 0 Å². The van der Waals surface area contributed by atoms with E-state index in [2.05, 4.69) is 4.98 Å². The molecule has 0 atom stereocenters. The normalized spacial score (nSPS) is 10.9. The van der Waals surface area contributed by atoms with Crippen LogP contribution >= 0.6 is 69.6 Å². The van der Waals surface area contributed by atoms with Crippen LogP contribution in [0.5, 0.6) is 0 Å². The van der Waals surface area contributed by atoms with Gasteiger partial charge in [-0.3, -0.25) is 9.78 Å². The van der Waals surface area contributed by atoms with Gasteiger partial charge in [-0.15, -0.1) is 0 Å². The minimum atomic E-state index is -1.05. The minimum absolute atomic E-state index is 0.256. The fourth-order valence-corrected chi connectivity index (χ4v) is 4.79. The predicted octanol–water partition coefficient (Wildman–Crippen LogP) is 7.96. The summed E-state index contributed by atoms with van der Waals surface area (Å²) >= 11 is 37.1. The molecule has 2 aromatic carbocycles. The number of hydrogen-bond donors (Lipinski definition) is 1. The number of halogens is 6. The molecule has 3 rings (SSSR count). The topological polar surface area (TPSA) is 50.2 Å². The van der Waals surface area contributed by atoms with Gasteiger partial charge in [-0.1, -0.05) is 69.6 Å². The van der Waals surface area contributed by atoms with Gasteiger partial charge in [-0.2, -0.15) is 0 Å². The van der Waals surface area contributed by atoms with E-state index in [0.29, 0.717) is 48.0 Å². The summed E-state index contributed by atoms with van der Waals surface area (Å²) in [5.74, 6) is -1.05. The van der Waals surface area contributed by atoms with Gasteiger partial charge in [0.15, 0.2) is 0 Å². The van der Waals surface area contributed by atoms with Gasteiger partial charge >= 0.3 is 5.97 Å². The first kappa shape index (κ1) is 21.5. The van der Waals surface area contributed by atoms with Gasteiger partial charge in [-0.05, 0) is 35.9 Å². The maximum Gasteiger partial charge on any atom is 0.307 e. The Labute approximate surface area is 190 Å². The van der Waals surface area contributed by atoms with Crippen LogP contribution in [-0.2, 0) is 11.2 Å². The van der Waals surface area contributed by atoms with Crippen molar-refractivity contribution in [2.75, 3.05) is 0 Å². The first-order chi connectivity index (χ1) is 13.2. The molecule has 1 N–H and O–H groups in total. The molecule has 0 saturated carbocycles. The van der Waals surface area contributed by atoms with Crippen molar-refractivity contribution < 1.29 is 9.90 Å². The largest absolute Gasteiger partial charge is 0.481 e. The number of benzene rings is 2. The summed E-state index contributed by atoms with van der Waals surface area (Å²) in [6.07, 6.45) is 1.21. The van der Waals surface area contributed by atoms with Gasteiger partial charge < -0.3 is 5.11 Å². The lowest BCUT2D eigenvalue weighted by Crippen LogP contribution is -2.04. The molecule has 0 unspecified atom stereocenters. The molecule has 0 aliphatic rings. The molecule has 0 aliphatic carbocycles. The number of carboxylic acids is 1. The third-order valence-electron chi connectivity index (χ3n) is 3.85. The van der Waals surface area contributed by atoms with E-state index in [1.165, 1.54) is 18.3 Å². The van der Waals surface area contributed by atoms with Crippen molar-refractivity contribution in [3.05, 3.63) is 72.2 Å². The summed E-state index contributed by atoms with van der Waals surface area (Å²) in [4.78, 5) is 15.8. The molecule has 1 aromatic heterocycles. The Kier molecular flexibility index (Phi) is 6.65. The lowest BCUT2D eigenvalue weighted by atomic mass is 9.98. The summed E-state index contributed by atoms with van der Waals surface area (Å²) in [5, 5.41) is 11.2. The van der Waals surface area contributed by atoms with Gasteiger partial charge in [0.25, 0.3) is 0 Å². The molecule has 0 bridgehead atoms. The quantitative estimate of drug-likeness (QED) is 0.399. The van der Waals surface area contributed by atoms with Gasteiger partial charge in [0.1, 0.15) is 0 Å². The fraction of sp³-hybridized carbons (Fsp3) is 0.0526. The highest BCUT2D eigenvalue weighted by atomic mass is 35.5. The van der Waals surface area contributed by atoms with Crippen LogP contribution in [0.1, 0.15) is 5.56 Å². The van der Waals surface area contributed by atoms with Crippen molar-refractivity contribution in [1.82, 2.24) is 4.98 Å². The van der Waals surface area contributed by atoms with Crippen LogP contribution in [0.25, 0.3) is 22.4 Å². The number of aromatic nitrogens is 1. The second-order valence-corrected chi connectivity index (χ2v) is 8.29. The lowest BCUT2D eigenvalue weighted by Gasteiger charge is -2.14. The van der Waals surface area contributed by atoms with Crippen LogP contribution in [-0.4, -0.2) is 16.1 Å². The molecule has 0 radical (unpaired) electrons. The molecule has 0 spiro atoms. The maximum absolute atomic E-state index is 11.4. The Morgan fingerprint density at radius 3 is 1.71 bits per heavy atom. The standard InChI is InChI=1S/C19H9Cl6NO2/c20-10-3-12(22)17(13(23)4-10)9-1-8(2-16(27)28)19(26-7-9)18-14(24)5-11(21)6-15(18)25/h1,3-7H,2H2,(H,27,28). The molecule has 0 saturated heterocycles. The van der Waals surface area contributed by atoms with Crippen molar-refractivity contribution in [3.63, 3.8) is 0 Å². The highest BCUT2D eigenvalue weighted by molar-refractivity contribution is 6.42. The number of nitrogens with zero attached hydrogens (tertiary/aromatic N) is 1. The molecule has 144 valence electrons. The first-order valence-corrected chi connectivity index (χ1v) is 9.94. The zero-order valence-corrected chi connectivity index (χ0v) is 18.3. The summed E-state index contributed by atoms with van der Waals surface area (Å²) in [6, 6.07) is 7.75. The van der Waals surface area contributed by atoms with Gasteiger partial charge in [0, 0.05) is 32.9 Å². The smallest absolute Gasteiger partial charge is 0.307 e. The highest BCUT2D eigenvalue weighted by Gasteiger charge is 2.19. The van der Waals surface area contributed by atoms with Crippen LogP contribution in [0.15, 0.2) is 36.5 Å². The van der Waals surface area contributed by atoms with Crippen molar-refractivity contribution >= 4 is 75.6 Å². The molecule has 3 aromatic rings. The molecule has 1 heterocycles.